The van der Waals surface area contributed by atoms with E-state index in [1.54, 1.807) is 0 Å². The molecule has 0 atom stereocenters. The van der Waals surface area contributed by atoms with Gasteiger partial charge in [0.1, 0.15) is 0 Å². The van der Waals surface area contributed by atoms with E-state index in [0.29, 0.717) is 30.8 Å². The minimum Gasteiger partial charge on any atom is -0.383 e. The molecular weight excluding hydrogens is 406 g/mol. The second kappa shape index (κ2) is 12.0. The summed E-state index contributed by atoms with van der Waals surface area (Å²) in [4.78, 5) is 20.1. The first-order chi connectivity index (χ1) is 16.2. The predicted molar refractivity (Wildman–Crippen MR) is 140 cm³/mol. The molecule has 3 aliphatic rings. The summed E-state index contributed by atoms with van der Waals surface area (Å²) in [6.07, 6.45) is 18.1. The van der Waals surface area contributed by atoms with Crippen LogP contribution >= 0.6 is 0 Å². The van der Waals surface area contributed by atoms with Gasteiger partial charge in [0, 0.05) is 31.8 Å². The van der Waals surface area contributed by atoms with Gasteiger partial charge in [-0.25, -0.2) is 0 Å². The van der Waals surface area contributed by atoms with Crippen molar-refractivity contribution in [1.29, 1.82) is 0 Å². The summed E-state index contributed by atoms with van der Waals surface area (Å²) in [5, 5.41) is 3.56. The van der Waals surface area contributed by atoms with Crippen LogP contribution < -0.4 is 5.32 Å². The molecule has 1 aromatic carbocycles. The van der Waals surface area contributed by atoms with E-state index in [1.807, 2.05) is 0 Å². The molecule has 3 saturated carbocycles. The average Bonchev–Trinajstić information content (AvgIpc) is 3.70. The van der Waals surface area contributed by atoms with Crippen molar-refractivity contribution >= 4 is 23.5 Å². The van der Waals surface area contributed by atoms with Crippen molar-refractivity contribution in [2.45, 2.75) is 109 Å². The number of carbonyl (C=O) groups excluding carboxylic acids is 1. The topological polar surface area (TPSA) is 44.7 Å². The van der Waals surface area contributed by atoms with E-state index < -0.39 is 0 Å². The van der Waals surface area contributed by atoms with Crippen LogP contribution in [0.25, 0.3) is 0 Å². The molecule has 4 rings (SSSR count). The zero-order chi connectivity index (χ0) is 23.0. The highest BCUT2D eigenvalue weighted by Crippen LogP contribution is 2.42. The normalized spacial score (nSPS) is 24.2. The number of nitrogens with one attached hydrogen (secondary N) is 1. The molecule has 0 aliphatic heterocycles. The molecular formula is C29H45N3O. The molecule has 1 N–H and O–H groups in total. The number of hydrogen-bond donors (Lipinski definition) is 1. The summed E-state index contributed by atoms with van der Waals surface area (Å²) in [6, 6.07) is 7.19. The molecule has 0 unspecified atom stereocenters. The molecule has 33 heavy (non-hydrogen) atoms. The first kappa shape index (κ1) is 24.3. The molecule has 0 radical (unpaired) electrons. The van der Waals surface area contributed by atoms with E-state index in [4.69, 9.17) is 4.99 Å². The van der Waals surface area contributed by atoms with Crippen LogP contribution in [0.3, 0.4) is 0 Å². The fourth-order valence-electron chi connectivity index (χ4n) is 5.89. The molecule has 0 bridgehead atoms. The van der Waals surface area contributed by atoms with Gasteiger partial charge in [0.2, 0.25) is 5.91 Å². The van der Waals surface area contributed by atoms with Crippen molar-refractivity contribution in [2.75, 3.05) is 18.4 Å². The van der Waals surface area contributed by atoms with Gasteiger partial charge >= 0.3 is 0 Å². The fourth-order valence-corrected chi connectivity index (χ4v) is 5.89. The third kappa shape index (κ3) is 6.83. The maximum absolute atomic E-state index is 12.9. The Hall–Kier alpha value is -1.84. The summed E-state index contributed by atoms with van der Waals surface area (Å²) in [7, 11) is 0. The van der Waals surface area contributed by atoms with Crippen LogP contribution in [0.5, 0.6) is 0 Å². The third-order valence-corrected chi connectivity index (χ3v) is 8.29. The number of amides is 1. The Kier molecular flexibility index (Phi) is 8.86. The summed E-state index contributed by atoms with van der Waals surface area (Å²) in [5.41, 5.74) is 3.56. The van der Waals surface area contributed by atoms with Crippen LogP contribution in [-0.2, 0) is 4.79 Å². The van der Waals surface area contributed by atoms with Gasteiger partial charge in [0.15, 0.2) is 0 Å². The monoisotopic (exact) mass is 451 g/mol. The number of benzene rings is 1. The van der Waals surface area contributed by atoms with E-state index in [2.05, 4.69) is 48.5 Å². The van der Waals surface area contributed by atoms with Crippen LogP contribution in [0.4, 0.5) is 11.4 Å². The molecule has 4 nitrogen and oxygen atoms in total. The fraction of sp³-hybridized carbons (Fsp3) is 0.724. The third-order valence-electron chi connectivity index (χ3n) is 8.29. The van der Waals surface area contributed by atoms with Gasteiger partial charge in [-0.1, -0.05) is 38.7 Å². The molecule has 182 valence electrons. The van der Waals surface area contributed by atoms with Crippen LogP contribution in [0.1, 0.15) is 109 Å². The van der Waals surface area contributed by atoms with Crippen LogP contribution in [-0.4, -0.2) is 36.2 Å². The average molecular weight is 452 g/mol. The summed E-state index contributed by atoms with van der Waals surface area (Å²) >= 11 is 0. The van der Waals surface area contributed by atoms with Gasteiger partial charge in [0.05, 0.1) is 11.4 Å². The SMILES string of the molecule is CCN(C(=O)CCNc1ccc(C2CC2)cc1/N=C/[C@H]1CC[C@H](CC)CC1)C1CCCCC1. The van der Waals surface area contributed by atoms with Crippen molar-refractivity contribution in [3.8, 4) is 0 Å². The molecule has 0 aromatic heterocycles. The largest absolute Gasteiger partial charge is 0.383 e. The summed E-state index contributed by atoms with van der Waals surface area (Å²) in [5.74, 6) is 2.55. The zero-order valence-corrected chi connectivity index (χ0v) is 21.0. The van der Waals surface area contributed by atoms with E-state index in [1.165, 1.54) is 82.6 Å². The van der Waals surface area contributed by atoms with Crippen LogP contribution in [0, 0.1) is 11.8 Å². The molecule has 4 heteroatoms. The Balaban J connectivity index is 1.35. The molecule has 1 amide bonds. The Morgan fingerprint density at radius 2 is 1.79 bits per heavy atom. The lowest BCUT2D eigenvalue weighted by Crippen LogP contribution is -2.41. The van der Waals surface area contributed by atoms with Crippen molar-refractivity contribution in [1.82, 2.24) is 4.90 Å². The van der Waals surface area contributed by atoms with Gasteiger partial charge in [-0.3, -0.25) is 9.79 Å². The van der Waals surface area contributed by atoms with Crippen LogP contribution in [0.2, 0.25) is 0 Å². The predicted octanol–water partition coefficient (Wildman–Crippen LogP) is 7.47. The van der Waals surface area contributed by atoms with Crippen molar-refractivity contribution in [3.63, 3.8) is 0 Å². The second-order valence-electron chi connectivity index (χ2n) is 10.7. The summed E-state index contributed by atoms with van der Waals surface area (Å²) < 4.78 is 0. The van der Waals surface area contributed by atoms with E-state index in [0.717, 1.165) is 29.8 Å². The Morgan fingerprint density at radius 3 is 2.45 bits per heavy atom. The van der Waals surface area contributed by atoms with Gasteiger partial charge < -0.3 is 10.2 Å². The highest BCUT2D eigenvalue weighted by molar-refractivity contribution is 5.78. The van der Waals surface area contributed by atoms with E-state index in [9.17, 15) is 4.79 Å². The Bertz CT molecular complexity index is 786. The van der Waals surface area contributed by atoms with Gasteiger partial charge in [-0.05, 0) is 93.7 Å². The number of aliphatic imine (C=N–C) groups is 1. The number of hydrogen-bond acceptors (Lipinski definition) is 3. The lowest BCUT2D eigenvalue weighted by atomic mass is 9.81. The molecule has 0 saturated heterocycles. The molecule has 3 fully saturated rings. The van der Waals surface area contributed by atoms with Crippen molar-refractivity contribution < 1.29 is 4.79 Å². The highest BCUT2D eigenvalue weighted by atomic mass is 16.2. The first-order valence-electron chi connectivity index (χ1n) is 13.9. The molecule has 0 heterocycles. The van der Waals surface area contributed by atoms with Crippen molar-refractivity contribution in [2.24, 2.45) is 16.8 Å². The van der Waals surface area contributed by atoms with Gasteiger partial charge in [-0.2, -0.15) is 0 Å². The molecule has 0 spiro atoms. The zero-order valence-electron chi connectivity index (χ0n) is 21.0. The first-order valence-corrected chi connectivity index (χ1v) is 13.9. The maximum atomic E-state index is 12.9. The van der Waals surface area contributed by atoms with Gasteiger partial charge in [-0.15, -0.1) is 0 Å². The lowest BCUT2D eigenvalue weighted by Gasteiger charge is -2.33. The van der Waals surface area contributed by atoms with Crippen LogP contribution in [0.15, 0.2) is 23.2 Å². The van der Waals surface area contributed by atoms with E-state index >= 15 is 0 Å². The minimum absolute atomic E-state index is 0.296. The summed E-state index contributed by atoms with van der Waals surface area (Å²) in [6.45, 7) is 5.95. The number of rotatable bonds is 10. The number of carbonyl (C=O) groups is 1. The molecule has 3 aliphatic carbocycles. The lowest BCUT2D eigenvalue weighted by molar-refractivity contribution is -0.133. The Morgan fingerprint density at radius 1 is 1.03 bits per heavy atom. The smallest absolute Gasteiger partial charge is 0.224 e. The minimum atomic E-state index is 0.296. The Labute approximate surface area is 201 Å². The highest BCUT2D eigenvalue weighted by Gasteiger charge is 2.25. The van der Waals surface area contributed by atoms with Gasteiger partial charge in [0.25, 0.3) is 0 Å². The quantitative estimate of drug-likeness (QED) is 0.375. The second-order valence-corrected chi connectivity index (χ2v) is 10.7. The maximum Gasteiger partial charge on any atom is 0.224 e. The number of nitrogens with zero attached hydrogens (tertiary/aromatic N) is 2. The standard InChI is InChI=1S/C29H45N3O/c1-3-22-10-12-23(13-11-22)21-31-28-20-25(24-14-15-24)16-17-27(28)30-19-18-29(33)32(4-2)26-8-6-5-7-9-26/h16-17,20-24,26,30H,3-15,18-19H2,1-2H3/b31-21+/t22-,23-. The van der Waals surface area contributed by atoms with E-state index in [-0.39, 0.29) is 0 Å². The number of anilines is 1. The molecule has 1 aromatic rings. The van der Waals surface area contributed by atoms with Crippen molar-refractivity contribution in [3.05, 3.63) is 23.8 Å².